The van der Waals surface area contributed by atoms with E-state index < -0.39 is 17.7 Å². The van der Waals surface area contributed by atoms with Gasteiger partial charge in [-0.2, -0.15) is 0 Å². The van der Waals surface area contributed by atoms with Gasteiger partial charge in [0.2, 0.25) is 5.76 Å². The predicted octanol–water partition coefficient (Wildman–Crippen LogP) is 3.38. The first-order valence-electron chi connectivity index (χ1n) is 7.53. The van der Waals surface area contributed by atoms with Crippen molar-refractivity contribution in [3.05, 3.63) is 77.0 Å². The number of hydrogen-bond acceptors (Lipinski definition) is 5. The van der Waals surface area contributed by atoms with Crippen molar-refractivity contribution in [2.45, 2.75) is 0 Å². The summed E-state index contributed by atoms with van der Waals surface area (Å²) >= 11 is 6.26. The molecule has 1 aromatic heterocycles. The third kappa shape index (κ3) is 2.55. The quantitative estimate of drug-likeness (QED) is 0.716. The van der Waals surface area contributed by atoms with Crippen LogP contribution >= 0.6 is 11.6 Å². The number of nitrogens with zero attached hydrogens (tertiary/aromatic N) is 2. The molecular formula is C18H10ClN3O4. The van der Waals surface area contributed by atoms with Crippen LogP contribution in [0.25, 0.3) is 0 Å². The van der Waals surface area contributed by atoms with E-state index in [1.54, 1.807) is 30.3 Å². The van der Waals surface area contributed by atoms with Gasteiger partial charge >= 0.3 is 0 Å². The minimum absolute atomic E-state index is 0.0468. The lowest BCUT2D eigenvalue weighted by Crippen LogP contribution is -2.29. The average molecular weight is 368 g/mol. The second-order valence-electron chi connectivity index (χ2n) is 5.48. The first kappa shape index (κ1) is 16.0. The molecule has 2 heterocycles. The SMILES string of the molecule is O=C(Nc1ccc(N2C(=O)c3ccccc3C2=O)c(Cl)c1)c1cnco1. The van der Waals surface area contributed by atoms with Gasteiger partial charge in [-0.3, -0.25) is 14.4 Å². The summed E-state index contributed by atoms with van der Waals surface area (Å²) in [5.74, 6) is -1.32. The highest BCUT2D eigenvalue weighted by atomic mass is 35.5. The van der Waals surface area contributed by atoms with Gasteiger partial charge in [-0.15, -0.1) is 0 Å². The second kappa shape index (κ2) is 6.12. The highest BCUT2D eigenvalue weighted by Gasteiger charge is 2.37. The molecule has 0 bridgehead atoms. The van der Waals surface area contributed by atoms with E-state index >= 15 is 0 Å². The van der Waals surface area contributed by atoms with E-state index in [0.717, 1.165) is 11.3 Å². The molecule has 0 fully saturated rings. The molecule has 26 heavy (non-hydrogen) atoms. The maximum absolute atomic E-state index is 12.5. The third-order valence-corrected chi connectivity index (χ3v) is 4.20. The van der Waals surface area contributed by atoms with Crippen LogP contribution in [0.4, 0.5) is 11.4 Å². The lowest BCUT2D eigenvalue weighted by atomic mass is 10.1. The van der Waals surface area contributed by atoms with Crippen LogP contribution in [-0.2, 0) is 0 Å². The zero-order chi connectivity index (χ0) is 18.3. The van der Waals surface area contributed by atoms with Crippen molar-refractivity contribution in [2.24, 2.45) is 0 Å². The number of aromatic nitrogens is 1. The van der Waals surface area contributed by atoms with E-state index in [9.17, 15) is 14.4 Å². The van der Waals surface area contributed by atoms with Crippen LogP contribution in [-0.4, -0.2) is 22.7 Å². The van der Waals surface area contributed by atoms with Gasteiger partial charge in [0, 0.05) is 5.69 Å². The van der Waals surface area contributed by atoms with Gasteiger partial charge in [-0.25, -0.2) is 9.88 Å². The normalized spacial score (nSPS) is 13.0. The maximum atomic E-state index is 12.5. The minimum Gasteiger partial charge on any atom is -0.438 e. The molecule has 0 atom stereocenters. The van der Waals surface area contributed by atoms with Crippen LogP contribution in [0.3, 0.4) is 0 Å². The predicted molar refractivity (Wildman–Crippen MR) is 93.5 cm³/mol. The highest BCUT2D eigenvalue weighted by Crippen LogP contribution is 2.34. The number of anilines is 2. The standard InChI is InChI=1S/C18H10ClN3O4/c19-13-7-10(21-16(23)15-8-20-9-26-15)5-6-14(13)22-17(24)11-3-1-2-4-12(11)18(22)25/h1-9H,(H,21,23). The lowest BCUT2D eigenvalue weighted by molar-refractivity contribution is 0.0924. The van der Waals surface area contributed by atoms with Crippen LogP contribution in [0.5, 0.6) is 0 Å². The Morgan fingerprint density at radius 2 is 1.77 bits per heavy atom. The van der Waals surface area contributed by atoms with Crippen LogP contribution in [0.1, 0.15) is 31.3 Å². The largest absolute Gasteiger partial charge is 0.438 e. The van der Waals surface area contributed by atoms with Gasteiger partial charge in [-0.1, -0.05) is 23.7 Å². The Bertz CT molecular complexity index is 1010. The molecule has 3 aromatic rings. The molecule has 4 rings (SSSR count). The smallest absolute Gasteiger partial charge is 0.293 e. The molecule has 0 aliphatic carbocycles. The molecule has 1 aliphatic heterocycles. The number of benzene rings is 2. The van der Waals surface area contributed by atoms with Crippen LogP contribution in [0.2, 0.25) is 5.02 Å². The number of halogens is 1. The number of imide groups is 1. The van der Waals surface area contributed by atoms with Crippen molar-refractivity contribution in [1.29, 1.82) is 0 Å². The van der Waals surface area contributed by atoms with Crippen molar-refractivity contribution >= 4 is 40.7 Å². The molecule has 1 aliphatic rings. The fourth-order valence-electron chi connectivity index (χ4n) is 2.69. The van der Waals surface area contributed by atoms with Crippen molar-refractivity contribution < 1.29 is 18.8 Å². The lowest BCUT2D eigenvalue weighted by Gasteiger charge is -2.16. The Balaban J connectivity index is 1.62. The molecule has 8 heteroatoms. The molecule has 1 N–H and O–H groups in total. The summed E-state index contributed by atoms with van der Waals surface area (Å²) in [6.45, 7) is 0. The first-order chi connectivity index (χ1) is 12.6. The molecule has 0 saturated heterocycles. The number of oxazole rings is 1. The number of carbonyl (C=O) groups excluding carboxylic acids is 3. The van der Waals surface area contributed by atoms with Gasteiger partial charge in [0.1, 0.15) is 0 Å². The first-order valence-corrected chi connectivity index (χ1v) is 7.91. The number of hydrogen-bond donors (Lipinski definition) is 1. The molecule has 0 radical (unpaired) electrons. The molecule has 0 spiro atoms. The molecule has 7 nitrogen and oxygen atoms in total. The number of rotatable bonds is 3. The van der Waals surface area contributed by atoms with E-state index in [1.807, 2.05) is 0 Å². The second-order valence-corrected chi connectivity index (χ2v) is 5.88. The number of carbonyl (C=O) groups is 3. The van der Waals surface area contributed by atoms with Gasteiger partial charge in [0.25, 0.3) is 17.7 Å². The highest BCUT2D eigenvalue weighted by molar-refractivity contribution is 6.40. The number of fused-ring (bicyclic) bond motifs is 1. The Hall–Kier alpha value is -3.45. The van der Waals surface area contributed by atoms with E-state index in [0.29, 0.717) is 16.8 Å². The number of amides is 3. The summed E-state index contributed by atoms with van der Waals surface area (Å²) in [6.07, 6.45) is 2.43. The Labute approximate surface area is 152 Å². The molecule has 3 amide bonds. The fraction of sp³-hybridized carbons (Fsp3) is 0. The Kier molecular flexibility index (Phi) is 3.78. The van der Waals surface area contributed by atoms with E-state index in [-0.39, 0.29) is 16.5 Å². The minimum atomic E-state index is -0.493. The molecule has 0 unspecified atom stereocenters. The zero-order valence-electron chi connectivity index (χ0n) is 13.1. The van der Waals surface area contributed by atoms with Gasteiger partial charge in [0.15, 0.2) is 6.39 Å². The fourth-order valence-corrected chi connectivity index (χ4v) is 2.96. The Morgan fingerprint density at radius 3 is 2.35 bits per heavy atom. The summed E-state index contributed by atoms with van der Waals surface area (Å²) in [4.78, 5) is 41.7. The summed E-state index contributed by atoms with van der Waals surface area (Å²) in [5.41, 5.74) is 1.29. The Morgan fingerprint density at radius 1 is 1.08 bits per heavy atom. The summed E-state index contributed by atoms with van der Waals surface area (Å²) in [7, 11) is 0. The van der Waals surface area contributed by atoms with Crippen molar-refractivity contribution in [2.75, 3.05) is 10.2 Å². The summed E-state index contributed by atoms with van der Waals surface area (Å²) < 4.78 is 4.91. The van der Waals surface area contributed by atoms with E-state index in [4.69, 9.17) is 16.0 Å². The van der Waals surface area contributed by atoms with Gasteiger partial charge in [0.05, 0.1) is 28.0 Å². The van der Waals surface area contributed by atoms with E-state index in [1.165, 1.54) is 18.3 Å². The van der Waals surface area contributed by atoms with Crippen molar-refractivity contribution in [3.63, 3.8) is 0 Å². The van der Waals surface area contributed by atoms with Crippen LogP contribution in [0, 0.1) is 0 Å². The third-order valence-electron chi connectivity index (χ3n) is 3.90. The monoisotopic (exact) mass is 367 g/mol. The summed E-state index contributed by atoms with van der Waals surface area (Å²) in [6, 6.07) is 11.1. The molecule has 128 valence electrons. The zero-order valence-corrected chi connectivity index (χ0v) is 13.9. The topological polar surface area (TPSA) is 92.5 Å². The molecule has 0 saturated carbocycles. The van der Waals surface area contributed by atoms with Crippen LogP contribution < -0.4 is 10.2 Å². The van der Waals surface area contributed by atoms with E-state index in [2.05, 4.69) is 10.3 Å². The van der Waals surface area contributed by atoms with Crippen LogP contribution in [0.15, 0.2) is 59.5 Å². The average Bonchev–Trinajstić information content (AvgIpc) is 3.25. The number of nitrogens with one attached hydrogen (secondary N) is 1. The summed E-state index contributed by atoms with van der Waals surface area (Å²) in [5, 5.41) is 2.75. The van der Waals surface area contributed by atoms with Crippen molar-refractivity contribution in [3.8, 4) is 0 Å². The van der Waals surface area contributed by atoms with Gasteiger partial charge < -0.3 is 9.73 Å². The van der Waals surface area contributed by atoms with Crippen molar-refractivity contribution in [1.82, 2.24) is 4.98 Å². The maximum Gasteiger partial charge on any atom is 0.293 e. The molecule has 2 aromatic carbocycles. The van der Waals surface area contributed by atoms with Gasteiger partial charge in [-0.05, 0) is 30.3 Å². The molecular weight excluding hydrogens is 358 g/mol.